The van der Waals surface area contributed by atoms with Crippen LogP contribution in [0.3, 0.4) is 0 Å². The monoisotopic (exact) mass is 305 g/mol. The van der Waals surface area contributed by atoms with Gasteiger partial charge in [0, 0.05) is 22.2 Å². The van der Waals surface area contributed by atoms with Crippen molar-refractivity contribution in [1.29, 1.82) is 5.26 Å². The average Bonchev–Trinajstić information content (AvgIpc) is 2.45. The molecule has 2 aromatic carbocycles. The van der Waals surface area contributed by atoms with E-state index in [1.165, 1.54) is 18.2 Å². The van der Waals surface area contributed by atoms with Gasteiger partial charge in [0.1, 0.15) is 18.2 Å². The number of aliphatic hydroxyl groups excluding tert-OH is 1. The van der Waals surface area contributed by atoms with Gasteiger partial charge in [-0.05, 0) is 31.2 Å². The molecule has 0 spiro atoms. The molecule has 0 aromatic heterocycles. The van der Waals surface area contributed by atoms with Crippen LogP contribution in [0.4, 0.5) is 4.39 Å². The Morgan fingerprint density at radius 3 is 2.71 bits per heavy atom. The lowest BCUT2D eigenvalue weighted by Crippen LogP contribution is -2.02. The summed E-state index contributed by atoms with van der Waals surface area (Å²) < 4.78 is 18.8. The molecule has 0 saturated heterocycles. The van der Waals surface area contributed by atoms with Gasteiger partial charge in [-0.15, -0.1) is 0 Å². The van der Waals surface area contributed by atoms with Crippen LogP contribution in [0.2, 0.25) is 5.02 Å². The Balaban J connectivity index is 2.20. The van der Waals surface area contributed by atoms with Crippen LogP contribution >= 0.6 is 11.6 Å². The molecule has 21 heavy (non-hydrogen) atoms. The Labute approximate surface area is 127 Å². The Morgan fingerprint density at radius 1 is 1.33 bits per heavy atom. The number of aliphatic hydroxyl groups is 1. The molecule has 1 N–H and O–H groups in total. The molecule has 0 fully saturated rings. The van der Waals surface area contributed by atoms with Crippen LogP contribution in [0.15, 0.2) is 36.4 Å². The number of halogens is 2. The molecule has 0 aliphatic carbocycles. The first kappa shape index (κ1) is 15.3. The largest absolute Gasteiger partial charge is 0.488 e. The van der Waals surface area contributed by atoms with Crippen LogP contribution in [0.5, 0.6) is 5.75 Å². The van der Waals surface area contributed by atoms with Crippen molar-refractivity contribution in [2.24, 2.45) is 0 Å². The van der Waals surface area contributed by atoms with Crippen molar-refractivity contribution in [1.82, 2.24) is 0 Å². The Hall–Kier alpha value is -2.09. The lowest BCUT2D eigenvalue weighted by Gasteiger charge is -2.14. The van der Waals surface area contributed by atoms with Crippen molar-refractivity contribution in [3.63, 3.8) is 0 Å². The van der Waals surface area contributed by atoms with Crippen molar-refractivity contribution in [2.75, 3.05) is 0 Å². The van der Waals surface area contributed by atoms with E-state index in [0.717, 1.165) is 0 Å². The lowest BCUT2D eigenvalue weighted by atomic mass is 10.1. The maximum atomic E-state index is 13.3. The lowest BCUT2D eigenvalue weighted by molar-refractivity contribution is 0.190. The molecule has 2 aromatic rings. The molecule has 0 radical (unpaired) electrons. The molecular weight excluding hydrogens is 293 g/mol. The molecule has 0 saturated carbocycles. The van der Waals surface area contributed by atoms with E-state index in [9.17, 15) is 9.50 Å². The molecule has 0 bridgehead atoms. The Morgan fingerprint density at radius 2 is 2.10 bits per heavy atom. The second-order valence-corrected chi connectivity index (χ2v) is 4.97. The van der Waals surface area contributed by atoms with E-state index >= 15 is 0 Å². The van der Waals surface area contributed by atoms with E-state index in [0.29, 0.717) is 21.7 Å². The summed E-state index contributed by atoms with van der Waals surface area (Å²) in [5.41, 5.74) is 1.64. The Kier molecular flexibility index (Phi) is 4.79. The molecular formula is C16H13ClFNO2. The molecule has 108 valence electrons. The first-order chi connectivity index (χ1) is 10.0. The SMILES string of the molecule is C[C@@H](O)c1ccc(F)cc1OCc1ccc(C#N)cc1Cl. The van der Waals surface area contributed by atoms with Crippen molar-refractivity contribution in [3.8, 4) is 11.8 Å². The third kappa shape index (κ3) is 3.72. The zero-order valence-electron chi connectivity index (χ0n) is 11.3. The standard InChI is InChI=1S/C16H13ClFNO2/c1-10(20)14-5-4-13(18)7-16(14)21-9-12-3-2-11(8-19)6-15(12)17/h2-7,10,20H,9H2,1H3/t10-/m1/s1. The summed E-state index contributed by atoms with van der Waals surface area (Å²) in [4.78, 5) is 0. The number of hydrogen-bond donors (Lipinski definition) is 1. The molecule has 0 aliphatic heterocycles. The zero-order chi connectivity index (χ0) is 15.4. The Bertz CT molecular complexity index is 695. The molecule has 3 nitrogen and oxygen atoms in total. The first-order valence-electron chi connectivity index (χ1n) is 6.30. The number of rotatable bonds is 4. The van der Waals surface area contributed by atoms with Gasteiger partial charge in [-0.1, -0.05) is 17.7 Å². The van der Waals surface area contributed by atoms with Crippen LogP contribution in [0.1, 0.15) is 29.7 Å². The van der Waals surface area contributed by atoms with Crippen molar-refractivity contribution in [3.05, 3.63) is 63.9 Å². The average molecular weight is 306 g/mol. The topological polar surface area (TPSA) is 53.2 Å². The van der Waals surface area contributed by atoms with E-state index in [1.807, 2.05) is 6.07 Å². The third-order valence-corrected chi connectivity index (χ3v) is 3.34. The van der Waals surface area contributed by atoms with Crippen LogP contribution in [0.25, 0.3) is 0 Å². The minimum atomic E-state index is -0.767. The van der Waals surface area contributed by atoms with Gasteiger partial charge >= 0.3 is 0 Å². The summed E-state index contributed by atoms with van der Waals surface area (Å²) in [6.07, 6.45) is -0.767. The molecule has 0 aliphatic rings. The maximum absolute atomic E-state index is 13.3. The van der Waals surface area contributed by atoms with E-state index in [1.54, 1.807) is 25.1 Å². The molecule has 0 unspecified atom stereocenters. The number of benzene rings is 2. The molecule has 0 amide bonds. The van der Waals surface area contributed by atoms with Gasteiger partial charge in [-0.3, -0.25) is 0 Å². The van der Waals surface area contributed by atoms with E-state index in [4.69, 9.17) is 21.6 Å². The summed E-state index contributed by atoms with van der Waals surface area (Å²) in [6.45, 7) is 1.70. The summed E-state index contributed by atoms with van der Waals surface area (Å²) >= 11 is 6.05. The quantitative estimate of drug-likeness (QED) is 0.929. The normalized spacial score (nSPS) is 11.8. The number of nitrogens with zero attached hydrogens (tertiary/aromatic N) is 1. The molecule has 0 heterocycles. The van der Waals surface area contributed by atoms with Crippen molar-refractivity contribution >= 4 is 11.6 Å². The van der Waals surface area contributed by atoms with Gasteiger partial charge in [0.2, 0.25) is 0 Å². The fourth-order valence-corrected chi connectivity index (χ4v) is 2.10. The predicted octanol–water partition coefficient (Wildman–Crippen LogP) is 3.98. The highest BCUT2D eigenvalue weighted by molar-refractivity contribution is 6.31. The van der Waals surface area contributed by atoms with E-state index < -0.39 is 11.9 Å². The minimum absolute atomic E-state index is 0.119. The van der Waals surface area contributed by atoms with Gasteiger partial charge in [-0.2, -0.15) is 5.26 Å². The van der Waals surface area contributed by atoms with Crippen molar-refractivity contribution < 1.29 is 14.2 Å². The van der Waals surface area contributed by atoms with Gasteiger partial charge in [0.15, 0.2) is 0 Å². The van der Waals surface area contributed by atoms with Crippen LogP contribution < -0.4 is 4.74 Å². The van der Waals surface area contributed by atoms with Crippen LogP contribution in [0, 0.1) is 17.1 Å². The first-order valence-corrected chi connectivity index (χ1v) is 6.68. The van der Waals surface area contributed by atoms with Gasteiger partial charge in [0.25, 0.3) is 0 Å². The summed E-state index contributed by atoms with van der Waals surface area (Å²) in [6, 6.07) is 10.8. The molecule has 5 heteroatoms. The smallest absolute Gasteiger partial charge is 0.128 e. The highest BCUT2D eigenvalue weighted by Crippen LogP contribution is 2.28. The minimum Gasteiger partial charge on any atom is -0.488 e. The van der Waals surface area contributed by atoms with E-state index in [2.05, 4.69) is 0 Å². The van der Waals surface area contributed by atoms with Gasteiger partial charge in [0.05, 0.1) is 17.7 Å². The second kappa shape index (κ2) is 6.57. The van der Waals surface area contributed by atoms with Crippen LogP contribution in [-0.2, 0) is 6.61 Å². The fraction of sp³-hybridized carbons (Fsp3) is 0.188. The number of hydrogen-bond acceptors (Lipinski definition) is 3. The highest BCUT2D eigenvalue weighted by Gasteiger charge is 2.11. The molecule has 2 rings (SSSR count). The van der Waals surface area contributed by atoms with Crippen molar-refractivity contribution in [2.45, 2.75) is 19.6 Å². The predicted molar refractivity (Wildman–Crippen MR) is 77.5 cm³/mol. The van der Waals surface area contributed by atoms with Gasteiger partial charge < -0.3 is 9.84 Å². The molecule has 1 atom stereocenters. The fourth-order valence-electron chi connectivity index (χ4n) is 1.87. The number of ether oxygens (including phenoxy) is 1. The highest BCUT2D eigenvalue weighted by atomic mass is 35.5. The summed E-state index contributed by atoms with van der Waals surface area (Å²) in [5, 5.41) is 18.8. The number of nitriles is 1. The third-order valence-electron chi connectivity index (χ3n) is 2.99. The summed E-state index contributed by atoms with van der Waals surface area (Å²) in [7, 11) is 0. The van der Waals surface area contributed by atoms with E-state index in [-0.39, 0.29) is 12.4 Å². The van der Waals surface area contributed by atoms with Gasteiger partial charge in [-0.25, -0.2) is 4.39 Å². The maximum Gasteiger partial charge on any atom is 0.128 e. The zero-order valence-corrected chi connectivity index (χ0v) is 12.1. The second-order valence-electron chi connectivity index (χ2n) is 4.56. The summed E-state index contributed by atoms with van der Waals surface area (Å²) in [5.74, 6) is -0.175. The van der Waals surface area contributed by atoms with Crippen LogP contribution in [-0.4, -0.2) is 5.11 Å².